The van der Waals surface area contributed by atoms with E-state index in [0.29, 0.717) is 31.8 Å². The minimum Gasteiger partial charge on any atom is -0.351 e. The molecular formula is C13H22N2O2. The number of hydrogen-bond donors (Lipinski definition) is 1. The summed E-state index contributed by atoms with van der Waals surface area (Å²) >= 11 is 0. The van der Waals surface area contributed by atoms with Crippen LogP contribution in [0.2, 0.25) is 0 Å². The van der Waals surface area contributed by atoms with Gasteiger partial charge < -0.3 is 5.32 Å². The van der Waals surface area contributed by atoms with Gasteiger partial charge in [0, 0.05) is 32.0 Å². The summed E-state index contributed by atoms with van der Waals surface area (Å²) in [7, 11) is 0. The first-order chi connectivity index (χ1) is 8.10. The molecule has 0 bridgehead atoms. The normalized spacial score (nSPS) is 23.2. The third-order valence-corrected chi connectivity index (χ3v) is 3.40. The van der Waals surface area contributed by atoms with Crippen molar-refractivity contribution in [3.63, 3.8) is 0 Å². The minimum atomic E-state index is -0.169. The molecule has 2 atom stereocenters. The van der Waals surface area contributed by atoms with Crippen LogP contribution in [0.4, 0.5) is 0 Å². The van der Waals surface area contributed by atoms with Gasteiger partial charge in [-0.25, -0.2) is 0 Å². The molecule has 1 aliphatic rings. The smallest absolute Gasteiger partial charge is 0.237 e. The fourth-order valence-corrected chi connectivity index (χ4v) is 2.13. The van der Waals surface area contributed by atoms with Crippen LogP contribution in [0.25, 0.3) is 0 Å². The van der Waals surface area contributed by atoms with Gasteiger partial charge in [-0.1, -0.05) is 13.0 Å². The third kappa shape index (κ3) is 3.66. The maximum absolute atomic E-state index is 11.8. The van der Waals surface area contributed by atoms with E-state index in [0.717, 1.165) is 6.42 Å². The number of Topliss-reactive ketones (excluding diaryl/α,β-unsaturated/α-hetero) is 1. The van der Waals surface area contributed by atoms with Crippen molar-refractivity contribution in [3.05, 3.63) is 12.7 Å². The Morgan fingerprint density at radius 3 is 3.00 bits per heavy atom. The van der Waals surface area contributed by atoms with Crippen molar-refractivity contribution in [2.45, 2.75) is 32.7 Å². The molecule has 0 aromatic carbocycles. The van der Waals surface area contributed by atoms with Crippen molar-refractivity contribution in [2.24, 2.45) is 5.92 Å². The molecule has 1 saturated heterocycles. The minimum absolute atomic E-state index is 0.00843. The van der Waals surface area contributed by atoms with Crippen molar-refractivity contribution < 1.29 is 9.59 Å². The van der Waals surface area contributed by atoms with Crippen LogP contribution >= 0.6 is 0 Å². The quantitative estimate of drug-likeness (QED) is 0.726. The van der Waals surface area contributed by atoms with Crippen LogP contribution in [0.5, 0.6) is 0 Å². The first-order valence-corrected chi connectivity index (χ1v) is 6.25. The Morgan fingerprint density at radius 1 is 1.71 bits per heavy atom. The Balaban J connectivity index is 2.52. The number of piperidine rings is 1. The molecule has 17 heavy (non-hydrogen) atoms. The van der Waals surface area contributed by atoms with Crippen LogP contribution in [0.15, 0.2) is 12.7 Å². The highest BCUT2D eigenvalue weighted by atomic mass is 16.2. The molecule has 0 radical (unpaired) electrons. The molecule has 4 heteroatoms. The van der Waals surface area contributed by atoms with Gasteiger partial charge >= 0.3 is 0 Å². The number of amides is 1. The highest BCUT2D eigenvalue weighted by Crippen LogP contribution is 2.18. The van der Waals surface area contributed by atoms with E-state index in [2.05, 4.69) is 16.8 Å². The molecule has 1 amide bonds. The molecule has 0 saturated carbocycles. The number of hydrogen-bond acceptors (Lipinski definition) is 3. The van der Waals surface area contributed by atoms with Gasteiger partial charge in [0.1, 0.15) is 5.78 Å². The van der Waals surface area contributed by atoms with Crippen molar-refractivity contribution in [1.82, 2.24) is 10.2 Å². The highest BCUT2D eigenvalue weighted by molar-refractivity contribution is 5.84. The first kappa shape index (κ1) is 13.9. The SMILES string of the molecule is C=CCNC(=O)C(C)N1CCC(=O)C(CC)C1. The van der Waals surface area contributed by atoms with E-state index >= 15 is 0 Å². The second-order valence-corrected chi connectivity index (χ2v) is 4.53. The summed E-state index contributed by atoms with van der Waals surface area (Å²) in [5, 5.41) is 2.79. The predicted octanol–water partition coefficient (Wildman–Crippen LogP) is 0.978. The molecule has 4 nitrogen and oxygen atoms in total. The first-order valence-electron chi connectivity index (χ1n) is 6.25. The Hall–Kier alpha value is -1.16. The van der Waals surface area contributed by atoms with Gasteiger partial charge in [-0.15, -0.1) is 6.58 Å². The lowest BCUT2D eigenvalue weighted by atomic mass is 9.93. The number of carbonyl (C=O) groups is 2. The summed E-state index contributed by atoms with van der Waals surface area (Å²) in [4.78, 5) is 25.5. The summed E-state index contributed by atoms with van der Waals surface area (Å²) in [6, 6.07) is -0.169. The zero-order valence-electron chi connectivity index (χ0n) is 10.7. The Kier molecular flexibility index (Phi) is 5.35. The molecule has 0 aliphatic carbocycles. The maximum Gasteiger partial charge on any atom is 0.237 e. The van der Waals surface area contributed by atoms with Crippen molar-refractivity contribution in [1.29, 1.82) is 0 Å². The van der Waals surface area contributed by atoms with Crippen LogP contribution in [0, 0.1) is 5.92 Å². The van der Waals surface area contributed by atoms with Crippen LogP contribution in [-0.4, -0.2) is 42.3 Å². The molecule has 1 fully saturated rings. The van der Waals surface area contributed by atoms with Gasteiger partial charge in [-0.3, -0.25) is 14.5 Å². The van der Waals surface area contributed by atoms with Gasteiger partial charge in [0.2, 0.25) is 5.91 Å². The second-order valence-electron chi connectivity index (χ2n) is 4.53. The van der Waals surface area contributed by atoms with Gasteiger partial charge in [0.05, 0.1) is 6.04 Å². The zero-order valence-corrected chi connectivity index (χ0v) is 10.7. The lowest BCUT2D eigenvalue weighted by molar-refractivity contribution is -0.132. The van der Waals surface area contributed by atoms with Crippen molar-refractivity contribution in [2.75, 3.05) is 19.6 Å². The summed E-state index contributed by atoms with van der Waals surface area (Å²) in [5.41, 5.74) is 0. The molecular weight excluding hydrogens is 216 g/mol. The molecule has 96 valence electrons. The lowest BCUT2D eigenvalue weighted by Gasteiger charge is -2.34. The number of carbonyl (C=O) groups excluding carboxylic acids is 2. The molecule has 0 aromatic rings. The molecule has 0 aromatic heterocycles. The van der Waals surface area contributed by atoms with Crippen LogP contribution in [0.1, 0.15) is 26.7 Å². The van der Waals surface area contributed by atoms with Crippen LogP contribution in [-0.2, 0) is 9.59 Å². The predicted molar refractivity (Wildman–Crippen MR) is 67.6 cm³/mol. The van der Waals surface area contributed by atoms with E-state index in [-0.39, 0.29) is 17.9 Å². The maximum atomic E-state index is 11.8. The average Bonchev–Trinajstić information content (AvgIpc) is 2.35. The number of rotatable bonds is 5. The van der Waals surface area contributed by atoms with Crippen molar-refractivity contribution >= 4 is 11.7 Å². The fourth-order valence-electron chi connectivity index (χ4n) is 2.13. The number of nitrogens with zero attached hydrogens (tertiary/aromatic N) is 1. The number of ketones is 1. The summed E-state index contributed by atoms with van der Waals surface area (Å²) in [6.45, 7) is 9.37. The second kappa shape index (κ2) is 6.55. The largest absolute Gasteiger partial charge is 0.351 e. The van der Waals surface area contributed by atoms with Gasteiger partial charge in [0.15, 0.2) is 0 Å². The third-order valence-electron chi connectivity index (χ3n) is 3.40. The standard InChI is InChI=1S/C13H22N2O2/c1-4-7-14-13(17)10(3)15-8-6-12(16)11(5-2)9-15/h4,10-11H,1,5-9H2,2-3H3,(H,14,17). The summed E-state index contributed by atoms with van der Waals surface area (Å²) in [6.07, 6.45) is 3.09. The molecule has 1 N–H and O–H groups in total. The van der Waals surface area contributed by atoms with E-state index in [4.69, 9.17) is 0 Å². The monoisotopic (exact) mass is 238 g/mol. The van der Waals surface area contributed by atoms with Gasteiger partial charge in [-0.2, -0.15) is 0 Å². The Labute approximate surface area is 103 Å². The van der Waals surface area contributed by atoms with Crippen LogP contribution < -0.4 is 5.32 Å². The van der Waals surface area contributed by atoms with E-state index in [1.165, 1.54) is 0 Å². The molecule has 1 rings (SSSR count). The van der Waals surface area contributed by atoms with E-state index in [9.17, 15) is 9.59 Å². The molecule has 0 spiro atoms. The van der Waals surface area contributed by atoms with E-state index in [1.54, 1.807) is 6.08 Å². The molecule has 1 aliphatic heterocycles. The highest BCUT2D eigenvalue weighted by Gasteiger charge is 2.30. The Bertz CT molecular complexity index is 302. The number of nitrogens with one attached hydrogen (secondary N) is 1. The lowest BCUT2D eigenvalue weighted by Crippen LogP contribution is -2.51. The van der Waals surface area contributed by atoms with E-state index < -0.39 is 0 Å². The fraction of sp³-hybridized carbons (Fsp3) is 0.692. The average molecular weight is 238 g/mol. The summed E-state index contributed by atoms with van der Waals surface area (Å²) in [5.74, 6) is 0.440. The molecule has 2 unspecified atom stereocenters. The van der Waals surface area contributed by atoms with Gasteiger partial charge in [-0.05, 0) is 13.3 Å². The summed E-state index contributed by atoms with van der Waals surface area (Å²) < 4.78 is 0. The zero-order chi connectivity index (χ0) is 12.8. The molecule has 1 heterocycles. The van der Waals surface area contributed by atoms with Crippen LogP contribution in [0.3, 0.4) is 0 Å². The van der Waals surface area contributed by atoms with E-state index in [1.807, 2.05) is 13.8 Å². The van der Waals surface area contributed by atoms with Crippen molar-refractivity contribution in [3.8, 4) is 0 Å². The Morgan fingerprint density at radius 2 is 2.41 bits per heavy atom. The van der Waals surface area contributed by atoms with Gasteiger partial charge in [0.25, 0.3) is 0 Å². The number of likely N-dealkylation sites (tertiary alicyclic amines) is 1. The topological polar surface area (TPSA) is 49.4 Å².